The number of aromatic nitrogens is 3. The molecule has 0 amide bonds. The van der Waals surface area contributed by atoms with Crippen molar-refractivity contribution in [3.63, 3.8) is 0 Å². The fourth-order valence-electron chi connectivity index (χ4n) is 4.82. The summed E-state index contributed by atoms with van der Waals surface area (Å²) in [6.45, 7) is 5.71. The van der Waals surface area contributed by atoms with Crippen molar-refractivity contribution in [1.29, 1.82) is 0 Å². The van der Waals surface area contributed by atoms with E-state index in [1.807, 2.05) is 84.4 Å². The van der Waals surface area contributed by atoms with Crippen molar-refractivity contribution in [3.8, 4) is 11.3 Å². The Balaban J connectivity index is 1.93. The van der Waals surface area contributed by atoms with Gasteiger partial charge in [0.2, 0.25) is 0 Å². The zero-order valence-electron chi connectivity index (χ0n) is 21.0. The molecular weight excluding hydrogens is 470 g/mol. The molecule has 0 spiro atoms. The van der Waals surface area contributed by atoms with Gasteiger partial charge in [-0.3, -0.25) is 4.98 Å². The number of benzene rings is 3. The highest BCUT2D eigenvalue weighted by Crippen LogP contribution is 2.40. The van der Waals surface area contributed by atoms with E-state index in [-0.39, 0.29) is 5.56 Å². The predicted octanol–water partition coefficient (Wildman–Crippen LogP) is 7.20. The lowest BCUT2D eigenvalue weighted by atomic mass is 9.82. The van der Waals surface area contributed by atoms with E-state index in [2.05, 4.69) is 41.9 Å². The molecule has 0 aliphatic carbocycles. The minimum atomic E-state index is -0.983. The maximum absolute atomic E-state index is 11.9. The van der Waals surface area contributed by atoms with E-state index in [1.165, 1.54) is 0 Å². The van der Waals surface area contributed by atoms with E-state index < -0.39 is 11.5 Å². The van der Waals surface area contributed by atoms with Crippen LogP contribution in [0.25, 0.3) is 22.2 Å². The normalized spacial score (nSPS) is 11.9. The standard InChI is InChI=1S/C33H27N3O2/c1-3-4-5-12-20-33(27-13-8-6-9-14-27,28-15-10-7-11-16-28)36-30-18-17-26(32(37)38)23-29(30)31(35-36)25-19-21-34-24(2)22-25/h3-23H,1H2,2H3,(H,37,38). The molecule has 0 fully saturated rings. The first-order valence-corrected chi connectivity index (χ1v) is 12.3. The minimum Gasteiger partial charge on any atom is -0.478 e. The quantitative estimate of drug-likeness (QED) is 0.230. The highest BCUT2D eigenvalue weighted by molar-refractivity contribution is 5.99. The molecule has 0 saturated heterocycles. The number of fused-ring (bicyclic) bond motifs is 1. The largest absolute Gasteiger partial charge is 0.478 e. The Morgan fingerprint density at radius 2 is 1.58 bits per heavy atom. The number of carbonyl (C=O) groups is 1. The van der Waals surface area contributed by atoms with E-state index in [0.29, 0.717) is 5.69 Å². The minimum absolute atomic E-state index is 0.207. The van der Waals surface area contributed by atoms with Crippen LogP contribution >= 0.6 is 0 Å². The summed E-state index contributed by atoms with van der Waals surface area (Å²) in [4.78, 5) is 16.3. The lowest BCUT2D eigenvalue weighted by Gasteiger charge is -2.33. The van der Waals surface area contributed by atoms with Crippen LogP contribution in [0.4, 0.5) is 0 Å². The molecule has 0 aliphatic heterocycles. The smallest absolute Gasteiger partial charge is 0.335 e. The second-order valence-electron chi connectivity index (χ2n) is 8.96. The van der Waals surface area contributed by atoms with Gasteiger partial charge < -0.3 is 5.11 Å². The Morgan fingerprint density at radius 3 is 2.18 bits per heavy atom. The van der Waals surface area contributed by atoms with Gasteiger partial charge >= 0.3 is 5.97 Å². The van der Waals surface area contributed by atoms with Crippen LogP contribution < -0.4 is 0 Å². The molecule has 0 saturated carbocycles. The van der Waals surface area contributed by atoms with Crippen molar-refractivity contribution in [1.82, 2.24) is 14.8 Å². The SMILES string of the molecule is C=CC=CC=CC(c1ccccc1)(c1ccccc1)n1nc(-c2ccnc(C)c2)c2cc(C(=O)O)ccc21. The van der Waals surface area contributed by atoms with Crippen molar-refractivity contribution in [2.45, 2.75) is 12.5 Å². The third-order valence-corrected chi connectivity index (χ3v) is 6.55. The van der Waals surface area contributed by atoms with Gasteiger partial charge in [-0.2, -0.15) is 5.10 Å². The van der Waals surface area contributed by atoms with E-state index in [4.69, 9.17) is 5.10 Å². The molecule has 38 heavy (non-hydrogen) atoms. The maximum atomic E-state index is 11.9. The van der Waals surface area contributed by atoms with Gasteiger partial charge in [-0.15, -0.1) is 0 Å². The molecule has 5 nitrogen and oxygen atoms in total. The molecule has 0 radical (unpaired) electrons. The summed E-state index contributed by atoms with van der Waals surface area (Å²) in [7, 11) is 0. The lowest BCUT2D eigenvalue weighted by Crippen LogP contribution is -2.35. The Morgan fingerprint density at radius 1 is 0.895 bits per heavy atom. The van der Waals surface area contributed by atoms with Crippen LogP contribution in [-0.4, -0.2) is 25.8 Å². The monoisotopic (exact) mass is 497 g/mol. The molecule has 3 aromatic carbocycles. The molecular formula is C33H27N3O2. The molecule has 5 rings (SSSR count). The van der Waals surface area contributed by atoms with E-state index in [0.717, 1.165) is 33.3 Å². The molecule has 0 atom stereocenters. The molecule has 0 unspecified atom stereocenters. The molecule has 186 valence electrons. The van der Waals surface area contributed by atoms with Crippen LogP contribution in [0.3, 0.4) is 0 Å². The van der Waals surface area contributed by atoms with Gasteiger partial charge in [0, 0.05) is 22.8 Å². The van der Waals surface area contributed by atoms with E-state index in [1.54, 1.807) is 24.4 Å². The number of aromatic carboxylic acids is 1. The van der Waals surface area contributed by atoms with Crippen LogP contribution in [0, 0.1) is 6.92 Å². The van der Waals surface area contributed by atoms with Crippen molar-refractivity contribution in [3.05, 3.63) is 157 Å². The van der Waals surface area contributed by atoms with Gasteiger partial charge in [0.15, 0.2) is 0 Å². The van der Waals surface area contributed by atoms with Gasteiger partial charge in [0.1, 0.15) is 11.2 Å². The summed E-state index contributed by atoms with van der Waals surface area (Å²) in [5.41, 5.74) is 4.62. The number of carboxylic acids is 1. The first kappa shape index (κ1) is 24.7. The van der Waals surface area contributed by atoms with Gasteiger partial charge in [-0.25, -0.2) is 9.48 Å². The van der Waals surface area contributed by atoms with Gasteiger partial charge in [0.25, 0.3) is 0 Å². The second-order valence-corrected chi connectivity index (χ2v) is 8.96. The number of carboxylic acid groups (broad SMARTS) is 1. The molecule has 5 aromatic rings. The van der Waals surface area contributed by atoms with Crippen LogP contribution in [0.15, 0.2) is 134 Å². The Hall–Kier alpha value is -5.03. The highest BCUT2D eigenvalue weighted by Gasteiger charge is 2.37. The average molecular weight is 498 g/mol. The zero-order chi connectivity index (χ0) is 26.5. The number of rotatable bonds is 8. The van der Waals surface area contributed by atoms with Crippen molar-refractivity contribution < 1.29 is 9.90 Å². The summed E-state index contributed by atoms with van der Waals surface area (Å²) in [5, 5.41) is 15.8. The van der Waals surface area contributed by atoms with Crippen LogP contribution in [0.2, 0.25) is 0 Å². The first-order chi connectivity index (χ1) is 18.5. The Bertz CT molecular complexity index is 1630. The molecule has 0 aliphatic rings. The number of pyridine rings is 1. The topological polar surface area (TPSA) is 68.0 Å². The molecule has 0 bridgehead atoms. The summed E-state index contributed by atoms with van der Waals surface area (Å²) in [5.74, 6) is -0.983. The maximum Gasteiger partial charge on any atom is 0.335 e. The third-order valence-electron chi connectivity index (χ3n) is 6.55. The number of hydrogen-bond acceptors (Lipinski definition) is 3. The van der Waals surface area contributed by atoms with Gasteiger partial charge in [0.05, 0.1) is 11.1 Å². The number of nitrogens with zero attached hydrogens (tertiary/aromatic N) is 3. The number of allylic oxidation sites excluding steroid dienone is 5. The van der Waals surface area contributed by atoms with Gasteiger partial charge in [-0.1, -0.05) is 91.5 Å². The fraction of sp³-hybridized carbons (Fsp3) is 0.0606. The second kappa shape index (κ2) is 10.5. The summed E-state index contributed by atoms with van der Waals surface area (Å²) in [6.07, 6.45) is 11.4. The van der Waals surface area contributed by atoms with Crippen LogP contribution in [-0.2, 0) is 5.54 Å². The summed E-state index contributed by atoms with van der Waals surface area (Å²) >= 11 is 0. The average Bonchev–Trinajstić information content (AvgIpc) is 3.33. The third kappa shape index (κ3) is 4.46. The summed E-state index contributed by atoms with van der Waals surface area (Å²) in [6, 6.07) is 29.4. The molecule has 2 aromatic heterocycles. The fourth-order valence-corrected chi connectivity index (χ4v) is 4.82. The van der Waals surface area contributed by atoms with Crippen molar-refractivity contribution >= 4 is 16.9 Å². The molecule has 5 heteroatoms. The highest BCUT2D eigenvalue weighted by atomic mass is 16.4. The number of hydrogen-bond donors (Lipinski definition) is 1. The molecule has 2 heterocycles. The predicted molar refractivity (Wildman–Crippen MR) is 152 cm³/mol. The number of aryl methyl sites for hydroxylation is 1. The zero-order valence-corrected chi connectivity index (χ0v) is 21.0. The lowest BCUT2D eigenvalue weighted by molar-refractivity contribution is 0.0697. The summed E-state index contributed by atoms with van der Waals surface area (Å²) < 4.78 is 2.00. The van der Waals surface area contributed by atoms with E-state index >= 15 is 0 Å². The van der Waals surface area contributed by atoms with Crippen LogP contribution in [0.1, 0.15) is 27.2 Å². The van der Waals surface area contributed by atoms with Crippen LogP contribution in [0.5, 0.6) is 0 Å². The van der Waals surface area contributed by atoms with Gasteiger partial charge in [-0.05, 0) is 54.5 Å². The van der Waals surface area contributed by atoms with E-state index in [9.17, 15) is 9.90 Å². The van der Waals surface area contributed by atoms with Crippen molar-refractivity contribution in [2.75, 3.05) is 0 Å². The first-order valence-electron chi connectivity index (χ1n) is 12.3. The Kier molecular flexibility index (Phi) is 6.83. The molecule has 1 N–H and O–H groups in total. The Labute approximate surface area is 221 Å². The van der Waals surface area contributed by atoms with Crippen molar-refractivity contribution in [2.24, 2.45) is 0 Å².